The quantitative estimate of drug-likeness (QED) is 0.824. The van der Waals surface area contributed by atoms with E-state index in [2.05, 4.69) is 6.08 Å². The third kappa shape index (κ3) is 3.44. The molecule has 1 fully saturated rings. The molecule has 0 heterocycles. The third-order valence-corrected chi connectivity index (χ3v) is 4.78. The van der Waals surface area contributed by atoms with Gasteiger partial charge >= 0.3 is 0 Å². The van der Waals surface area contributed by atoms with Crippen molar-refractivity contribution < 1.29 is 4.79 Å². The number of carbonyl (C=O) groups excluding carboxylic acids is 1. The van der Waals surface area contributed by atoms with Crippen molar-refractivity contribution >= 4 is 5.78 Å². The van der Waals surface area contributed by atoms with Crippen molar-refractivity contribution in [1.82, 2.24) is 0 Å². The lowest BCUT2D eigenvalue weighted by atomic mass is 9.70. The van der Waals surface area contributed by atoms with Crippen molar-refractivity contribution in [1.29, 1.82) is 0 Å². The monoisotopic (exact) mass is 249 g/mol. The van der Waals surface area contributed by atoms with Crippen molar-refractivity contribution in [3.63, 3.8) is 0 Å². The Bertz CT molecular complexity index is 313. The number of allylic oxidation sites excluding steroid dienone is 2. The van der Waals surface area contributed by atoms with E-state index in [1.54, 1.807) is 0 Å². The normalized spacial score (nSPS) is 24.2. The molecule has 1 saturated carbocycles. The molecular formula is C16H27NO. The van der Waals surface area contributed by atoms with Gasteiger partial charge in [-0.15, -0.1) is 0 Å². The Kier molecular flexibility index (Phi) is 4.99. The number of hydrogen-bond acceptors (Lipinski definition) is 2. The van der Waals surface area contributed by atoms with Crippen molar-refractivity contribution in [3.8, 4) is 0 Å². The van der Waals surface area contributed by atoms with Gasteiger partial charge in [0.1, 0.15) is 0 Å². The zero-order chi connectivity index (χ0) is 12.8. The number of nitrogens with two attached hydrogens (primary N) is 1. The smallest absolute Gasteiger partial charge is 0.159 e. The third-order valence-electron chi connectivity index (χ3n) is 4.78. The van der Waals surface area contributed by atoms with Gasteiger partial charge in [-0.3, -0.25) is 4.79 Å². The van der Waals surface area contributed by atoms with Crippen molar-refractivity contribution in [2.75, 3.05) is 6.54 Å². The predicted molar refractivity (Wildman–Crippen MR) is 75.4 cm³/mol. The van der Waals surface area contributed by atoms with Gasteiger partial charge in [0.05, 0.1) is 0 Å². The Morgan fingerprint density at radius 3 is 2.56 bits per heavy atom. The second kappa shape index (κ2) is 6.51. The van der Waals surface area contributed by atoms with E-state index >= 15 is 0 Å². The minimum atomic E-state index is 0.127. The highest BCUT2D eigenvalue weighted by Gasteiger charge is 2.33. The molecule has 2 aliphatic carbocycles. The average Bonchev–Trinajstić information content (AvgIpc) is 2.68. The molecule has 102 valence electrons. The van der Waals surface area contributed by atoms with Crippen LogP contribution in [0.25, 0.3) is 0 Å². The largest absolute Gasteiger partial charge is 0.330 e. The highest BCUT2D eigenvalue weighted by atomic mass is 16.1. The molecule has 0 aromatic rings. The highest BCUT2D eigenvalue weighted by Crippen LogP contribution is 2.39. The highest BCUT2D eigenvalue weighted by molar-refractivity contribution is 5.95. The van der Waals surface area contributed by atoms with Gasteiger partial charge in [-0.2, -0.15) is 0 Å². The summed E-state index contributed by atoms with van der Waals surface area (Å²) in [6.45, 7) is 0.687. The van der Waals surface area contributed by atoms with E-state index in [0.29, 0.717) is 18.7 Å². The number of rotatable bonds is 4. The second-order valence-corrected chi connectivity index (χ2v) is 6.19. The van der Waals surface area contributed by atoms with Gasteiger partial charge < -0.3 is 5.73 Å². The summed E-state index contributed by atoms with van der Waals surface area (Å²) in [5.74, 6) is 0.393. The molecule has 2 N–H and O–H groups in total. The first kappa shape index (κ1) is 13.8. The summed E-state index contributed by atoms with van der Waals surface area (Å²) in [6.07, 6.45) is 14.8. The molecule has 18 heavy (non-hydrogen) atoms. The van der Waals surface area contributed by atoms with E-state index in [1.807, 2.05) is 0 Å². The molecule has 2 aliphatic rings. The minimum absolute atomic E-state index is 0.127. The van der Waals surface area contributed by atoms with Crippen LogP contribution in [0, 0.1) is 5.41 Å². The molecule has 0 aliphatic heterocycles. The Hall–Kier alpha value is -0.630. The molecule has 0 aromatic carbocycles. The van der Waals surface area contributed by atoms with Crippen LogP contribution in [0.1, 0.15) is 70.6 Å². The maximum Gasteiger partial charge on any atom is 0.159 e. The summed E-state index contributed by atoms with van der Waals surface area (Å²) in [7, 11) is 0. The van der Waals surface area contributed by atoms with Crippen LogP contribution in [0.3, 0.4) is 0 Å². The van der Waals surface area contributed by atoms with Gasteiger partial charge in [0.15, 0.2) is 5.78 Å². The standard InChI is InChI=1S/C16H27NO/c17-13-16(10-6-3-7-11-16)12-15(18)14-8-4-1-2-5-9-14/h8H,1-7,9-13,17H2. The molecule has 2 heteroatoms. The average molecular weight is 249 g/mol. The molecule has 0 unspecified atom stereocenters. The Morgan fingerprint density at radius 2 is 1.83 bits per heavy atom. The predicted octanol–water partition coefficient (Wildman–Crippen LogP) is 3.75. The van der Waals surface area contributed by atoms with E-state index in [9.17, 15) is 4.79 Å². The summed E-state index contributed by atoms with van der Waals surface area (Å²) in [5, 5.41) is 0. The van der Waals surface area contributed by atoms with Crippen LogP contribution in [-0.4, -0.2) is 12.3 Å². The van der Waals surface area contributed by atoms with Crippen LogP contribution in [0.2, 0.25) is 0 Å². The van der Waals surface area contributed by atoms with Gasteiger partial charge in [-0.1, -0.05) is 31.8 Å². The Morgan fingerprint density at radius 1 is 1.11 bits per heavy atom. The van der Waals surface area contributed by atoms with Crippen molar-refractivity contribution in [2.45, 2.75) is 70.6 Å². The summed E-state index contributed by atoms with van der Waals surface area (Å²) >= 11 is 0. The van der Waals surface area contributed by atoms with Crippen LogP contribution in [-0.2, 0) is 4.79 Å². The summed E-state index contributed by atoms with van der Waals surface area (Å²) in [4.78, 5) is 12.5. The van der Waals surface area contributed by atoms with Gasteiger partial charge in [0.2, 0.25) is 0 Å². The first-order valence-electron chi connectivity index (χ1n) is 7.68. The van der Waals surface area contributed by atoms with Crippen LogP contribution in [0.5, 0.6) is 0 Å². The fraction of sp³-hybridized carbons (Fsp3) is 0.812. The molecule has 2 rings (SSSR count). The first-order valence-corrected chi connectivity index (χ1v) is 7.68. The molecule has 0 radical (unpaired) electrons. The summed E-state index contributed by atoms with van der Waals surface area (Å²) < 4.78 is 0. The number of carbonyl (C=O) groups is 1. The topological polar surface area (TPSA) is 43.1 Å². The van der Waals surface area contributed by atoms with E-state index in [4.69, 9.17) is 5.73 Å². The maximum atomic E-state index is 12.5. The number of Topliss-reactive ketones (excluding diaryl/α,β-unsaturated/α-hetero) is 1. The SMILES string of the molecule is NCC1(CC(=O)C2=CCCCCC2)CCCCC1. The van der Waals surface area contributed by atoms with Crippen molar-refractivity contribution in [2.24, 2.45) is 11.1 Å². The Labute approximate surface area is 111 Å². The lowest BCUT2D eigenvalue weighted by Crippen LogP contribution is -2.35. The lowest BCUT2D eigenvalue weighted by molar-refractivity contribution is -0.118. The fourth-order valence-electron chi connectivity index (χ4n) is 3.48. The molecule has 0 aromatic heterocycles. The molecule has 0 bridgehead atoms. The lowest BCUT2D eigenvalue weighted by Gasteiger charge is -2.36. The fourth-order valence-corrected chi connectivity index (χ4v) is 3.48. The number of ketones is 1. The maximum absolute atomic E-state index is 12.5. The molecule has 0 amide bonds. The molecular weight excluding hydrogens is 222 g/mol. The van der Waals surface area contributed by atoms with Crippen LogP contribution < -0.4 is 5.73 Å². The van der Waals surface area contributed by atoms with Crippen LogP contribution in [0.15, 0.2) is 11.6 Å². The van der Waals surface area contributed by atoms with Crippen molar-refractivity contribution in [3.05, 3.63) is 11.6 Å². The van der Waals surface area contributed by atoms with Gasteiger partial charge in [0.25, 0.3) is 0 Å². The van der Waals surface area contributed by atoms with Gasteiger partial charge in [0, 0.05) is 6.42 Å². The van der Waals surface area contributed by atoms with Gasteiger partial charge in [-0.05, 0) is 56.1 Å². The summed E-state index contributed by atoms with van der Waals surface area (Å²) in [6, 6.07) is 0. The number of hydrogen-bond donors (Lipinski definition) is 1. The molecule has 0 saturated heterocycles. The Balaban J connectivity index is 1.97. The minimum Gasteiger partial charge on any atom is -0.330 e. The van der Waals surface area contributed by atoms with E-state index in [-0.39, 0.29) is 5.41 Å². The zero-order valence-corrected chi connectivity index (χ0v) is 11.5. The molecule has 0 spiro atoms. The van der Waals surface area contributed by atoms with E-state index in [0.717, 1.165) is 31.3 Å². The van der Waals surface area contributed by atoms with Crippen LogP contribution >= 0.6 is 0 Å². The van der Waals surface area contributed by atoms with Gasteiger partial charge in [-0.25, -0.2) is 0 Å². The first-order chi connectivity index (χ1) is 8.76. The summed E-state index contributed by atoms with van der Waals surface area (Å²) in [5.41, 5.74) is 7.21. The zero-order valence-electron chi connectivity index (χ0n) is 11.5. The van der Waals surface area contributed by atoms with Crippen LogP contribution in [0.4, 0.5) is 0 Å². The second-order valence-electron chi connectivity index (χ2n) is 6.19. The van der Waals surface area contributed by atoms with E-state index in [1.165, 1.54) is 38.5 Å². The molecule has 2 nitrogen and oxygen atoms in total. The van der Waals surface area contributed by atoms with E-state index < -0.39 is 0 Å². The molecule has 0 atom stereocenters.